The smallest absolute Gasteiger partial charge is 0.407 e. The average molecular weight is 551 g/mol. The molecule has 11 heteroatoms. The van der Waals surface area contributed by atoms with Crippen molar-refractivity contribution in [3.8, 4) is 23.1 Å². The zero-order valence-corrected chi connectivity index (χ0v) is 22.9. The zero-order valence-electron chi connectivity index (χ0n) is 22.9. The molecule has 4 rings (SSSR count). The summed E-state index contributed by atoms with van der Waals surface area (Å²) in [5.74, 6) is -0.327. The Balaban J connectivity index is 1.58. The molecule has 0 spiro atoms. The van der Waals surface area contributed by atoms with E-state index >= 15 is 0 Å². The van der Waals surface area contributed by atoms with Crippen LogP contribution in [0.1, 0.15) is 47.9 Å². The molecule has 0 aliphatic carbocycles. The minimum Gasteiger partial charge on any atom is -0.494 e. The Bertz CT molecular complexity index is 1390. The lowest BCUT2D eigenvalue weighted by Gasteiger charge is -2.21. The number of hydrogen-bond donors (Lipinski definition) is 2. The molecule has 0 saturated carbocycles. The average Bonchev–Trinajstić information content (AvgIpc) is 3.43. The fourth-order valence-corrected chi connectivity index (χ4v) is 4.68. The minimum absolute atomic E-state index is 0.123. The number of methoxy groups -OCH3 is 2. The second-order valence-corrected chi connectivity index (χ2v) is 9.42. The van der Waals surface area contributed by atoms with Crippen LogP contribution in [0.25, 0.3) is 5.69 Å². The number of unbranched alkanes of at least 4 members (excludes halogenated alkanes) is 1. The standard InChI is InChI=1S/C29H34N4O7/c1-4-5-14-23-31-26(34)24(28(36)33(23)25-21(38-2)12-9-13-22(25)39-3)27(35)32-16-15-20(17-32)30-29(37)40-18-19-10-7-6-8-11-19/h6-13,20,34H,4-5,14-18H2,1-3H3,(H,30,37)/t20-/m0/s1. The molecule has 1 fully saturated rings. The zero-order chi connectivity index (χ0) is 28.6. The Hall–Kier alpha value is -4.54. The van der Waals surface area contributed by atoms with Gasteiger partial charge in [0, 0.05) is 19.5 Å². The predicted molar refractivity (Wildman–Crippen MR) is 147 cm³/mol. The number of hydrogen-bond acceptors (Lipinski definition) is 8. The Morgan fingerprint density at radius 1 is 1.07 bits per heavy atom. The first-order valence-corrected chi connectivity index (χ1v) is 13.2. The number of carbonyl (C=O) groups is 2. The van der Waals surface area contributed by atoms with Crippen molar-refractivity contribution in [3.63, 3.8) is 0 Å². The van der Waals surface area contributed by atoms with Gasteiger partial charge in [-0.05, 0) is 30.5 Å². The molecule has 2 N–H and O–H groups in total. The molecule has 1 atom stereocenters. The Kier molecular flexibility index (Phi) is 9.26. The van der Waals surface area contributed by atoms with Gasteiger partial charge in [-0.1, -0.05) is 49.7 Å². The monoisotopic (exact) mass is 550 g/mol. The van der Waals surface area contributed by atoms with E-state index in [9.17, 15) is 19.5 Å². The van der Waals surface area contributed by atoms with Gasteiger partial charge >= 0.3 is 6.09 Å². The van der Waals surface area contributed by atoms with Crippen LogP contribution in [0, 0.1) is 0 Å². The SMILES string of the molecule is CCCCc1nc(O)c(C(=O)N2CC[C@H](NC(=O)OCc3ccccc3)C2)c(=O)n1-c1c(OC)cccc1OC. The summed E-state index contributed by atoms with van der Waals surface area (Å²) in [6.07, 6.45) is 1.78. The van der Waals surface area contributed by atoms with E-state index in [0.29, 0.717) is 36.4 Å². The number of para-hydroxylation sites is 1. The summed E-state index contributed by atoms with van der Waals surface area (Å²) in [7, 11) is 2.94. The molecule has 1 aliphatic heterocycles. The first kappa shape index (κ1) is 28.5. The van der Waals surface area contributed by atoms with Crippen LogP contribution in [0.15, 0.2) is 53.3 Å². The lowest BCUT2D eigenvalue weighted by molar-refractivity contribution is 0.0780. The number of rotatable bonds is 10. The minimum atomic E-state index is -0.731. The molecule has 3 aromatic rings. The largest absolute Gasteiger partial charge is 0.494 e. The quantitative estimate of drug-likeness (QED) is 0.392. The van der Waals surface area contributed by atoms with Crippen LogP contribution < -0.4 is 20.3 Å². The summed E-state index contributed by atoms with van der Waals surface area (Å²) < 4.78 is 17.6. The number of aromatic nitrogens is 2. The maximum Gasteiger partial charge on any atom is 0.407 e. The highest BCUT2D eigenvalue weighted by atomic mass is 16.5. The molecule has 0 bridgehead atoms. The fraction of sp³-hybridized carbons (Fsp3) is 0.379. The number of alkyl carbamates (subject to hydrolysis) is 1. The Morgan fingerprint density at radius 3 is 2.42 bits per heavy atom. The van der Waals surface area contributed by atoms with E-state index < -0.39 is 29.0 Å². The van der Waals surface area contributed by atoms with Gasteiger partial charge in [0.25, 0.3) is 11.5 Å². The Labute approximate surface area is 232 Å². The number of aromatic hydroxyl groups is 1. The highest BCUT2D eigenvalue weighted by Gasteiger charge is 2.33. The van der Waals surface area contributed by atoms with Gasteiger partial charge < -0.3 is 29.5 Å². The molecule has 2 heterocycles. The van der Waals surface area contributed by atoms with Crippen LogP contribution in [0.5, 0.6) is 17.4 Å². The highest BCUT2D eigenvalue weighted by Crippen LogP contribution is 2.33. The number of benzene rings is 2. The molecule has 11 nitrogen and oxygen atoms in total. The molecule has 2 amide bonds. The van der Waals surface area contributed by atoms with E-state index in [1.54, 1.807) is 18.2 Å². The summed E-state index contributed by atoms with van der Waals surface area (Å²) in [5.41, 5.74) is -0.0351. The summed E-state index contributed by atoms with van der Waals surface area (Å²) in [4.78, 5) is 45.5. The van der Waals surface area contributed by atoms with Gasteiger partial charge in [0.2, 0.25) is 5.88 Å². The van der Waals surface area contributed by atoms with Crippen molar-refractivity contribution < 1.29 is 28.9 Å². The molecule has 212 valence electrons. The van der Waals surface area contributed by atoms with Crippen LogP contribution in [0.4, 0.5) is 4.79 Å². The number of amides is 2. The van der Waals surface area contributed by atoms with E-state index in [0.717, 1.165) is 12.0 Å². The van der Waals surface area contributed by atoms with Gasteiger partial charge in [0.15, 0.2) is 5.56 Å². The molecular weight excluding hydrogens is 516 g/mol. The number of ether oxygens (including phenoxy) is 3. The van der Waals surface area contributed by atoms with Crippen molar-refractivity contribution in [1.82, 2.24) is 19.8 Å². The fourth-order valence-electron chi connectivity index (χ4n) is 4.68. The topological polar surface area (TPSA) is 132 Å². The van der Waals surface area contributed by atoms with E-state index in [4.69, 9.17) is 14.2 Å². The molecule has 1 saturated heterocycles. The number of nitrogens with zero attached hydrogens (tertiary/aromatic N) is 3. The van der Waals surface area contributed by atoms with Gasteiger partial charge in [-0.15, -0.1) is 0 Å². The third-order valence-electron chi connectivity index (χ3n) is 6.74. The summed E-state index contributed by atoms with van der Waals surface area (Å²) in [5, 5.41) is 13.6. The maximum atomic E-state index is 13.9. The normalized spacial score (nSPS) is 14.6. The lowest BCUT2D eigenvalue weighted by atomic mass is 10.2. The van der Waals surface area contributed by atoms with Crippen LogP contribution in [0.3, 0.4) is 0 Å². The van der Waals surface area contributed by atoms with Gasteiger partial charge in [0.05, 0.1) is 20.3 Å². The van der Waals surface area contributed by atoms with Crippen LogP contribution in [-0.2, 0) is 17.8 Å². The van der Waals surface area contributed by atoms with Crippen molar-refractivity contribution in [2.24, 2.45) is 0 Å². The van der Waals surface area contributed by atoms with E-state index in [2.05, 4.69) is 10.3 Å². The van der Waals surface area contributed by atoms with E-state index in [-0.39, 0.29) is 31.6 Å². The second-order valence-electron chi connectivity index (χ2n) is 9.42. The van der Waals surface area contributed by atoms with Crippen LogP contribution in [-0.4, -0.2) is 64.9 Å². The Morgan fingerprint density at radius 2 is 1.77 bits per heavy atom. The molecule has 2 aromatic carbocycles. The molecule has 1 aromatic heterocycles. The molecule has 0 radical (unpaired) electrons. The van der Waals surface area contributed by atoms with Gasteiger partial charge in [-0.3, -0.25) is 14.2 Å². The first-order chi connectivity index (χ1) is 19.4. The van der Waals surface area contributed by atoms with E-state index in [1.807, 2.05) is 37.3 Å². The summed E-state index contributed by atoms with van der Waals surface area (Å²) >= 11 is 0. The first-order valence-electron chi connectivity index (χ1n) is 13.2. The van der Waals surface area contributed by atoms with E-state index in [1.165, 1.54) is 23.7 Å². The summed E-state index contributed by atoms with van der Waals surface area (Å²) in [6.45, 7) is 2.54. The van der Waals surface area contributed by atoms with Crippen molar-refractivity contribution in [1.29, 1.82) is 0 Å². The predicted octanol–water partition coefficient (Wildman–Crippen LogP) is 3.44. The molecule has 40 heavy (non-hydrogen) atoms. The molecular formula is C29H34N4O7. The number of aryl methyl sites for hydroxylation is 1. The van der Waals surface area contributed by atoms with Gasteiger partial charge in [-0.25, -0.2) is 4.79 Å². The number of nitrogens with one attached hydrogen (secondary N) is 1. The van der Waals surface area contributed by atoms with Crippen molar-refractivity contribution in [2.45, 2.75) is 45.3 Å². The van der Waals surface area contributed by atoms with Crippen molar-refractivity contribution in [3.05, 3.63) is 75.8 Å². The highest BCUT2D eigenvalue weighted by molar-refractivity contribution is 5.96. The summed E-state index contributed by atoms with van der Waals surface area (Å²) in [6, 6.07) is 14.0. The number of carbonyl (C=O) groups excluding carboxylic acids is 2. The number of likely N-dealkylation sites (tertiary alicyclic amines) is 1. The van der Waals surface area contributed by atoms with Gasteiger partial charge in [0.1, 0.15) is 29.6 Å². The lowest BCUT2D eigenvalue weighted by Crippen LogP contribution is -2.40. The van der Waals surface area contributed by atoms with Crippen LogP contribution in [0.2, 0.25) is 0 Å². The van der Waals surface area contributed by atoms with Gasteiger partial charge in [-0.2, -0.15) is 4.98 Å². The van der Waals surface area contributed by atoms with Crippen molar-refractivity contribution in [2.75, 3.05) is 27.3 Å². The third kappa shape index (κ3) is 6.19. The molecule has 0 unspecified atom stereocenters. The third-order valence-corrected chi connectivity index (χ3v) is 6.74. The molecule has 1 aliphatic rings. The maximum absolute atomic E-state index is 13.9. The van der Waals surface area contributed by atoms with Crippen molar-refractivity contribution >= 4 is 12.0 Å². The second kappa shape index (κ2) is 13.0. The van der Waals surface area contributed by atoms with Crippen LogP contribution >= 0.6 is 0 Å².